The van der Waals surface area contributed by atoms with Gasteiger partial charge in [-0.3, -0.25) is 0 Å². The molecule has 1 aromatic rings. The average molecular weight is 394 g/mol. The predicted molar refractivity (Wildman–Crippen MR) is 97.5 cm³/mol. The summed E-state index contributed by atoms with van der Waals surface area (Å²) in [7, 11) is 0. The minimum atomic E-state index is -0.967. The van der Waals surface area contributed by atoms with Gasteiger partial charge in [0.25, 0.3) is 0 Å². The van der Waals surface area contributed by atoms with Crippen LogP contribution in [0.4, 0.5) is 0 Å². The van der Waals surface area contributed by atoms with E-state index in [0.717, 1.165) is 0 Å². The van der Waals surface area contributed by atoms with Crippen LogP contribution in [0.1, 0.15) is 64.9 Å². The Morgan fingerprint density at radius 3 is 1.52 bits per heavy atom. The van der Waals surface area contributed by atoms with E-state index in [-0.39, 0.29) is 0 Å². The van der Waals surface area contributed by atoms with E-state index < -0.39 is 19.8 Å². The third-order valence-corrected chi connectivity index (χ3v) is 14.3. The molecule has 0 aromatic heterocycles. The molecule has 0 radical (unpaired) electrons. The summed E-state index contributed by atoms with van der Waals surface area (Å²) in [6, 6.07) is 11.2. The first kappa shape index (κ1) is 20.5. The SMILES string of the molecule is CCC[CH2][SnH]([CH2]CCC)[CH2]CCC.N#Cc1ccccc1. The number of benzene rings is 1. The van der Waals surface area contributed by atoms with Crippen LogP contribution in [0, 0.1) is 11.3 Å². The summed E-state index contributed by atoms with van der Waals surface area (Å²) < 4.78 is 5.08. The Labute approximate surface area is 139 Å². The molecule has 0 spiro atoms. The largest absolute Gasteiger partial charge is 0.192 e. The third-order valence-electron chi connectivity index (χ3n) is 3.80. The Morgan fingerprint density at radius 1 is 0.810 bits per heavy atom. The second-order valence-electron chi connectivity index (χ2n) is 5.77. The molecular weight excluding hydrogens is 361 g/mol. The Balaban J connectivity index is 0.000000423. The quantitative estimate of drug-likeness (QED) is 0.460. The van der Waals surface area contributed by atoms with Gasteiger partial charge in [0.2, 0.25) is 0 Å². The Kier molecular flexibility index (Phi) is 15.5. The Hall–Kier alpha value is -0.491. The van der Waals surface area contributed by atoms with Gasteiger partial charge in [0.1, 0.15) is 0 Å². The van der Waals surface area contributed by atoms with E-state index >= 15 is 0 Å². The first-order valence-electron chi connectivity index (χ1n) is 8.73. The summed E-state index contributed by atoms with van der Waals surface area (Å²) in [6.07, 6.45) is 8.87. The second kappa shape index (κ2) is 15.9. The van der Waals surface area contributed by atoms with Gasteiger partial charge in [-0.2, -0.15) is 5.26 Å². The van der Waals surface area contributed by atoms with Gasteiger partial charge >= 0.3 is 92.4 Å². The van der Waals surface area contributed by atoms with Crippen LogP contribution in [-0.4, -0.2) is 19.8 Å². The molecule has 0 amide bonds. The van der Waals surface area contributed by atoms with Gasteiger partial charge in [0.05, 0.1) is 11.6 Å². The molecule has 0 aliphatic carbocycles. The van der Waals surface area contributed by atoms with Crippen LogP contribution in [0.2, 0.25) is 13.3 Å². The Morgan fingerprint density at radius 2 is 1.24 bits per heavy atom. The van der Waals surface area contributed by atoms with Gasteiger partial charge in [0.15, 0.2) is 0 Å². The van der Waals surface area contributed by atoms with Crippen LogP contribution in [0.5, 0.6) is 0 Å². The van der Waals surface area contributed by atoms with Crippen molar-refractivity contribution in [1.82, 2.24) is 0 Å². The number of rotatable bonds is 9. The molecule has 2 heteroatoms. The van der Waals surface area contributed by atoms with Crippen LogP contribution in [-0.2, 0) is 0 Å². The van der Waals surface area contributed by atoms with Gasteiger partial charge in [-0.1, -0.05) is 18.2 Å². The Bertz CT molecular complexity index is 337. The van der Waals surface area contributed by atoms with Gasteiger partial charge in [-0.25, -0.2) is 0 Å². The fourth-order valence-corrected chi connectivity index (χ4v) is 13.3. The summed E-state index contributed by atoms with van der Waals surface area (Å²) in [5, 5.41) is 8.29. The topological polar surface area (TPSA) is 23.8 Å². The van der Waals surface area contributed by atoms with Crippen molar-refractivity contribution in [2.75, 3.05) is 0 Å². The number of hydrogen-bond acceptors (Lipinski definition) is 1. The fourth-order valence-electron chi connectivity index (χ4n) is 2.42. The van der Waals surface area contributed by atoms with Crippen molar-refractivity contribution >= 4 is 19.8 Å². The van der Waals surface area contributed by atoms with Gasteiger partial charge in [-0.15, -0.1) is 0 Å². The van der Waals surface area contributed by atoms with Crippen LogP contribution in [0.25, 0.3) is 0 Å². The number of hydrogen-bond donors (Lipinski definition) is 0. The molecule has 1 rings (SSSR count). The van der Waals surface area contributed by atoms with Crippen molar-refractivity contribution in [1.29, 1.82) is 5.26 Å². The summed E-state index contributed by atoms with van der Waals surface area (Å²) >= 11 is -0.967. The van der Waals surface area contributed by atoms with E-state index in [2.05, 4.69) is 20.8 Å². The molecule has 0 N–H and O–H groups in total. The first-order valence-corrected chi connectivity index (χ1v) is 15.7. The minimum Gasteiger partial charge on any atom is -0.192 e. The maximum atomic E-state index is 8.29. The van der Waals surface area contributed by atoms with E-state index in [1.54, 1.807) is 25.4 Å². The van der Waals surface area contributed by atoms with Crippen molar-refractivity contribution in [3.63, 3.8) is 0 Å². The van der Waals surface area contributed by atoms with E-state index in [4.69, 9.17) is 5.26 Å². The smallest absolute Gasteiger partial charge is 0.0991 e. The van der Waals surface area contributed by atoms with Crippen molar-refractivity contribution < 1.29 is 0 Å². The molecule has 1 nitrogen and oxygen atoms in total. The molecule has 118 valence electrons. The molecule has 0 atom stereocenters. The first-order chi connectivity index (χ1) is 10.3. The van der Waals surface area contributed by atoms with E-state index in [1.807, 2.05) is 24.3 Å². The molecule has 1 aromatic carbocycles. The average Bonchev–Trinajstić information content (AvgIpc) is 2.55. The molecule has 0 saturated carbocycles. The standard InChI is InChI=1S/C7H5N.3C4H9.Sn.H/c8-6-7-4-2-1-3-5-7;3*1-3-4-2;;/h1-5H;3*1,3-4H2,2H3;;. The van der Waals surface area contributed by atoms with E-state index in [0.29, 0.717) is 5.56 Å². The van der Waals surface area contributed by atoms with Crippen LogP contribution in [0.3, 0.4) is 0 Å². The maximum Gasteiger partial charge on any atom is 0.0991 e. The van der Waals surface area contributed by atoms with Gasteiger partial charge < -0.3 is 0 Å². The molecule has 0 fully saturated rings. The second-order valence-corrected chi connectivity index (χ2v) is 15.7. The van der Waals surface area contributed by atoms with Crippen molar-refractivity contribution in [3.05, 3.63) is 35.9 Å². The van der Waals surface area contributed by atoms with Gasteiger partial charge in [0, 0.05) is 0 Å². The summed E-state index contributed by atoms with van der Waals surface area (Å²) in [6.45, 7) is 7.01. The monoisotopic (exact) mass is 395 g/mol. The van der Waals surface area contributed by atoms with Crippen molar-refractivity contribution in [2.45, 2.75) is 72.6 Å². The van der Waals surface area contributed by atoms with Crippen LogP contribution in [0.15, 0.2) is 30.3 Å². The number of unbranched alkanes of at least 4 members (excludes halogenated alkanes) is 3. The molecule has 0 aliphatic rings. The summed E-state index contributed by atoms with van der Waals surface area (Å²) in [4.78, 5) is 0. The predicted octanol–water partition coefficient (Wildman–Crippen LogP) is 6.17. The normalized spacial score (nSPS) is 9.86. The van der Waals surface area contributed by atoms with Crippen LogP contribution < -0.4 is 0 Å². The number of nitrogens with zero attached hydrogens (tertiary/aromatic N) is 1. The molecule has 0 saturated heterocycles. The van der Waals surface area contributed by atoms with Crippen LogP contribution >= 0.6 is 0 Å². The molecule has 0 heterocycles. The molecule has 0 unspecified atom stereocenters. The fraction of sp³-hybridized carbons (Fsp3) is 0.632. The zero-order valence-corrected chi connectivity index (χ0v) is 17.6. The minimum absolute atomic E-state index is 0.715. The summed E-state index contributed by atoms with van der Waals surface area (Å²) in [5.74, 6) is 0. The third kappa shape index (κ3) is 12.9. The molecular formula is C19H33NSn. The van der Waals surface area contributed by atoms with Crippen molar-refractivity contribution in [3.8, 4) is 6.07 Å². The molecule has 21 heavy (non-hydrogen) atoms. The zero-order chi connectivity index (χ0) is 15.8. The zero-order valence-electron chi connectivity index (χ0n) is 14.3. The van der Waals surface area contributed by atoms with E-state index in [1.165, 1.54) is 38.5 Å². The molecule has 0 bridgehead atoms. The van der Waals surface area contributed by atoms with Crippen molar-refractivity contribution in [2.24, 2.45) is 0 Å². The number of nitriles is 1. The van der Waals surface area contributed by atoms with Gasteiger partial charge in [-0.05, 0) is 12.1 Å². The maximum absolute atomic E-state index is 8.29. The van der Waals surface area contributed by atoms with E-state index in [9.17, 15) is 0 Å². The summed E-state index contributed by atoms with van der Waals surface area (Å²) in [5.41, 5.74) is 0.715. The molecule has 0 aliphatic heterocycles.